The molecule has 0 unspecified atom stereocenters. The van der Waals surface area contributed by atoms with Gasteiger partial charge in [-0.25, -0.2) is 13.1 Å². The maximum atomic E-state index is 11.1. The highest BCUT2D eigenvalue weighted by Gasteiger charge is 2.07. The summed E-state index contributed by atoms with van der Waals surface area (Å²) in [5, 5.41) is 0. The van der Waals surface area contributed by atoms with Crippen LogP contribution in [0.25, 0.3) is 0 Å². The van der Waals surface area contributed by atoms with Crippen LogP contribution < -0.4 is 4.72 Å². The summed E-state index contributed by atoms with van der Waals surface area (Å²) in [6.45, 7) is 2.46. The van der Waals surface area contributed by atoms with Crippen molar-refractivity contribution in [1.29, 1.82) is 0 Å². The molecule has 0 rings (SSSR count). The van der Waals surface area contributed by atoms with Crippen LogP contribution in [-0.4, -0.2) is 26.6 Å². The van der Waals surface area contributed by atoms with Crippen molar-refractivity contribution >= 4 is 21.6 Å². The molecule has 74 valence electrons. The van der Waals surface area contributed by atoms with Gasteiger partial charge in [0.25, 0.3) is 0 Å². The summed E-state index contributed by atoms with van der Waals surface area (Å²) < 4.78 is 24.7. The van der Waals surface area contributed by atoms with Crippen LogP contribution in [0.15, 0.2) is 0 Å². The molecule has 0 aliphatic carbocycles. The molecule has 0 atom stereocenters. The molecule has 3 nitrogen and oxygen atoms in total. The van der Waals surface area contributed by atoms with Gasteiger partial charge >= 0.3 is 0 Å². The Hall–Kier alpha value is 0.200. The minimum atomic E-state index is -3.02. The highest BCUT2D eigenvalue weighted by atomic mass is 35.5. The van der Waals surface area contributed by atoms with Gasteiger partial charge in [-0.1, -0.05) is 6.92 Å². The predicted octanol–water partition coefficient (Wildman–Crippen LogP) is 1.33. The fraction of sp³-hybridized carbons (Fsp3) is 1.00. The van der Waals surface area contributed by atoms with Crippen LogP contribution in [-0.2, 0) is 10.0 Å². The van der Waals surface area contributed by atoms with Crippen molar-refractivity contribution in [2.45, 2.75) is 26.2 Å². The molecule has 0 saturated carbocycles. The van der Waals surface area contributed by atoms with Crippen molar-refractivity contribution in [1.82, 2.24) is 4.72 Å². The molecule has 0 amide bonds. The molecule has 0 aromatic carbocycles. The van der Waals surface area contributed by atoms with E-state index in [1.807, 2.05) is 6.92 Å². The lowest BCUT2D eigenvalue weighted by atomic mass is 10.4. The van der Waals surface area contributed by atoms with Crippen LogP contribution in [0.4, 0.5) is 0 Å². The Labute approximate surface area is 79.5 Å². The van der Waals surface area contributed by atoms with Gasteiger partial charge in [0, 0.05) is 12.4 Å². The average Bonchev–Trinajstić information content (AvgIpc) is 2.01. The van der Waals surface area contributed by atoms with E-state index in [2.05, 4.69) is 4.72 Å². The van der Waals surface area contributed by atoms with Gasteiger partial charge in [0.2, 0.25) is 10.0 Å². The number of halogens is 1. The maximum absolute atomic E-state index is 11.1. The van der Waals surface area contributed by atoms with Gasteiger partial charge in [0.15, 0.2) is 0 Å². The van der Waals surface area contributed by atoms with E-state index in [0.717, 1.165) is 12.8 Å². The van der Waals surface area contributed by atoms with Crippen LogP contribution in [0, 0.1) is 0 Å². The fourth-order valence-corrected chi connectivity index (χ4v) is 2.15. The van der Waals surface area contributed by atoms with Gasteiger partial charge in [0.1, 0.15) is 0 Å². The van der Waals surface area contributed by atoms with Crippen molar-refractivity contribution in [2.24, 2.45) is 0 Å². The first-order valence-corrected chi connectivity index (χ1v) is 6.34. The third-order valence-electron chi connectivity index (χ3n) is 1.37. The summed E-state index contributed by atoms with van der Waals surface area (Å²) in [7, 11) is -3.02. The lowest BCUT2D eigenvalue weighted by molar-refractivity contribution is 0.577. The van der Waals surface area contributed by atoms with Crippen LogP contribution in [0.5, 0.6) is 0 Å². The summed E-state index contributed by atoms with van der Waals surface area (Å²) in [5.41, 5.74) is 0. The Morgan fingerprint density at radius 2 is 2.00 bits per heavy atom. The molecule has 0 radical (unpaired) electrons. The molecule has 0 bridgehead atoms. The van der Waals surface area contributed by atoms with Crippen molar-refractivity contribution in [3.63, 3.8) is 0 Å². The topological polar surface area (TPSA) is 46.2 Å². The molecule has 0 fully saturated rings. The molecule has 0 aromatic rings. The van der Waals surface area contributed by atoms with Crippen LogP contribution in [0.1, 0.15) is 26.2 Å². The van der Waals surface area contributed by atoms with E-state index in [0.29, 0.717) is 18.8 Å². The number of alkyl halides is 1. The second-order valence-corrected chi connectivity index (χ2v) is 4.91. The highest BCUT2D eigenvalue weighted by molar-refractivity contribution is 7.89. The quantitative estimate of drug-likeness (QED) is 0.513. The lowest BCUT2D eigenvalue weighted by Gasteiger charge is -2.03. The van der Waals surface area contributed by atoms with E-state index in [-0.39, 0.29) is 5.75 Å². The maximum Gasteiger partial charge on any atom is 0.211 e. The Kier molecular flexibility index (Phi) is 6.80. The summed E-state index contributed by atoms with van der Waals surface area (Å²) in [4.78, 5) is 0. The Bertz CT molecular complexity index is 192. The smallest absolute Gasteiger partial charge is 0.211 e. The van der Waals surface area contributed by atoms with Crippen molar-refractivity contribution in [3.05, 3.63) is 0 Å². The number of sulfonamides is 1. The number of nitrogens with one attached hydrogen (secondary N) is 1. The van der Waals surface area contributed by atoms with Gasteiger partial charge in [0.05, 0.1) is 5.75 Å². The summed E-state index contributed by atoms with van der Waals surface area (Å²) in [6, 6.07) is 0. The third kappa shape index (κ3) is 6.88. The first-order valence-electron chi connectivity index (χ1n) is 4.15. The van der Waals surface area contributed by atoms with E-state index in [1.54, 1.807) is 0 Å². The number of hydrogen-bond donors (Lipinski definition) is 1. The number of unbranched alkanes of at least 4 members (excludes halogenated alkanes) is 1. The molecule has 12 heavy (non-hydrogen) atoms. The zero-order valence-corrected chi connectivity index (χ0v) is 8.92. The lowest BCUT2D eigenvalue weighted by Crippen LogP contribution is -2.27. The fourth-order valence-electron chi connectivity index (χ4n) is 0.716. The van der Waals surface area contributed by atoms with Crippen LogP contribution in [0.3, 0.4) is 0 Å². The van der Waals surface area contributed by atoms with E-state index >= 15 is 0 Å². The largest absolute Gasteiger partial charge is 0.215 e. The van der Waals surface area contributed by atoms with Crippen molar-refractivity contribution < 1.29 is 8.42 Å². The van der Waals surface area contributed by atoms with Gasteiger partial charge < -0.3 is 0 Å². The molecule has 0 aliphatic heterocycles. The van der Waals surface area contributed by atoms with Gasteiger partial charge in [-0.15, -0.1) is 11.6 Å². The Balaban J connectivity index is 3.58. The molecular weight excluding hydrogens is 198 g/mol. The van der Waals surface area contributed by atoms with Gasteiger partial charge in [-0.2, -0.15) is 0 Å². The number of hydrogen-bond acceptors (Lipinski definition) is 2. The first kappa shape index (κ1) is 12.2. The van der Waals surface area contributed by atoms with E-state index in [1.165, 1.54) is 0 Å². The van der Waals surface area contributed by atoms with Crippen molar-refractivity contribution in [2.75, 3.05) is 18.2 Å². The predicted molar refractivity (Wildman–Crippen MR) is 52.0 cm³/mol. The zero-order chi connectivity index (χ0) is 9.45. The molecule has 0 heterocycles. The standard InChI is InChI=1S/C7H16ClNO2S/c1-2-6-9-12(10,11)7-4-3-5-8/h9H,2-7H2,1H3. The molecule has 0 aliphatic rings. The first-order chi connectivity index (χ1) is 5.62. The minimum absolute atomic E-state index is 0.194. The van der Waals surface area contributed by atoms with E-state index in [4.69, 9.17) is 11.6 Å². The summed E-state index contributed by atoms with van der Waals surface area (Å²) in [6.07, 6.45) is 2.23. The monoisotopic (exact) mass is 213 g/mol. The molecule has 0 spiro atoms. The normalized spacial score (nSPS) is 11.8. The third-order valence-corrected chi connectivity index (χ3v) is 3.11. The van der Waals surface area contributed by atoms with E-state index < -0.39 is 10.0 Å². The van der Waals surface area contributed by atoms with Gasteiger partial charge in [-0.3, -0.25) is 0 Å². The van der Waals surface area contributed by atoms with Gasteiger partial charge in [-0.05, 0) is 19.3 Å². The summed E-state index contributed by atoms with van der Waals surface area (Å²) >= 11 is 5.42. The summed E-state index contributed by atoms with van der Waals surface area (Å²) in [5.74, 6) is 0.725. The number of rotatable bonds is 7. The highest BCUT2D eigenvalue weighted by Crippen LogP contribution is 1.96. The molecular formula is C7H16ClNO2S. The van der Waals surface area contributed by atoms with Crippen LogP contribution in [0.2, 0.25) is 0 Å². The Morgan fingerprint density at radius 3 is 2.50 bits per heavy atom. The van der Waals surface area contributed by atoms with E-state index in [9.17, 15) is 8.42 Å². The van der Waals surface area contributed by atoms with Crippen LogP contribution >= 0.6 is 11.6 Å². The second-order valence-electron chi connectivity index (χ2n) is 2.61. The SMILES string of the molecule is CCCNS(=O)(=O)CCCCCl. The zero-order valence-electron chi connectivity index (χ0n) is 7.35. The second kappa shape index (κ2) is 6.69. The molecule has 0 aromatic heterocycles. The average molecular weight is 214 g/mol. The Morgan fingerprint density at radius 1 is 1.33 bits per heavy atom. The molecule has 1 N–H and O–H groups in total. The minimum Gasteiger partial charge on any atom is -0.215 e. The molecule has 0 saturated heterocycles. The molecule has 5 heteroatoms. The van der Waals surface area contributed by atoms with Crippen molar-refractivity contribution in [3.8, 4) is 0 Å².